The molecule has 0 unspecified atom stereocenters. The van der Waals surface area contributed by atoms with Gasteiger partial charge in [0.05, 0.1) is 6.42 Å². The van der Waals surface area contributed by atoms with Crippen LogP contribution in [0.2, 0.25) is 0 Å². The summed E-state index contributed by atoms with van der Waals surface area (Å²) in [6, 6.07) is 0. The summed E-state index contributed by atoms with van der Waals surface area (Å²) in [7, 11) is 0. The number of hydrogen-bond donors (Lipinski definition) is 1. The lowest BCUT2D eigenvalue weighted by atomic mass is 10.1. The molecule has 0 atom stereocenters. The van der Waals surface area contributed by atoms with E-state index in [0.717, 1.165) is 25.7 Å². The maximum Gasteiger partial charge on any atom is 0.307 e. The van der Waals surface area contributed by atoms with Crippen LogP contribution in [-0.2, 0) is 4.79 Å². The lowest BCUT2D eigenvalue weighted by molar-refractivity contribution is -0.136. The van der Waals surface area contributed by atoms with Gasteiger partial charge in [0.1, 0.15) is 0 Å². The van der Waals surface area contributed by atoms with Crippen LogP contribution in [0.15, 0.2) is 60.8 Å². The highest BCUT2D eigenvalue weighted by Gasteiger charge is 1.87. The number of carboxylic acid groups (broad SMARTS) is 1. The fourth-order valence-electron chi connectivity index (χ4n) is 2.25. The highest BCUT2D eigenvalue weighted by atomic mass is 16.4. The Bertz CT molecular complexity index is 439. The molecule has 0 aromatic carbocycles. The number of unbranched alkanes of at least 4 members (excludes halogenated alkanes) is 5. The average Bonchev–Trinajstić information content (AvgIpc) is 2.60. The zero-order valence-corrected chi connectivity index (χ0v) is 15.9. The van der Waals surface area contributed by atoms with Crippen LogP contribution in [0, 0.1) is 0 Å². The molecule has 0 saturated carbocycles. The van der Waals surface area contributed by atoms with Gasteiger partial charge < -0.3 is 5.11 Å². The van der Waals surface area contributed by atoms with Crippen molar-refractivity contribution in [1.29, 1.82) is 0 Å². The van der Waals surface area contributed by atoms with E-state index >= 15 is 0 Å². The second kappa shape index (κ2) is 20.2. The fourth-order valence-corrected chi connectivity index (χ4v) is 2.25. The van der Waals surface area contributed by atoms with Gasteiger partial charge in [-0.05, 0) is 38.5 Å². The Morgan fingerprint density at radius 1 is 0.640 bits per heavy atom. The summed E-state index contributed by atoms with van der Waals surface area (Å²) in [5, 5.41) is 8.48. The Hall–Kier alpha value is -1.83. The quantitative estimate of drug-likeness (QED) is 0.238. The molecule has 0 aromatic heterocycles. The van der Waals surface area contributed by atoms with Gasteiger partial charge in [0.15, 0.2) is 0 Å². The third kappa shape index (κ3) is 22.2. The highest BCUT2D eigenvalue weighted by molar-refractivity contribution is 5.68. The van der Waals surface area contributed by atoms with Gasteiger partial charge in [-0.2, -0.15) is 0 Å². The number of aliphatic carboxylic acids is 1. The molecule has 0 saturated heterocycles. The molecule has 25 heavy (non-hydrogen) atoms. The van der Waals surface area contributed by atoms with Gasteiger partial charge in [-0.25, -0.2) is 0 Å². The van der Waals surface area contributed by atoms with Crippen molar-refractivity contribution in [2.24, 2.45) is 0 Å². The number of carboxylic acids is 1. The Labute approximate surface area is 154 Å². The Balaban J connectivity index is 3.45. The first kappa shape index (κ1) is 23.2. The summed E-state index contributed by atoms with van der Waals surface area (Å²) in [4.78, 5) is 10.3. The predicted molar refractivity (Wildman–Crippen MR) is 110 cm³/mol. The van der Waals surface area contributed by atoms with Gasteiger partial charge in [0.25, 0.3) is 0 Å². The second-order valence-corrected chi connectivity index (χ2v) is 6.10. The topological polar surface area (TPSA) is 37.3 Å². The van der Waals surface area contributed by atoms with E-state index in [1.54, 1.807) is 6.08 Å². The van der Waals surface area contributed by atoms with Crippen molar-refractivity contribution >= 4 is 5.97 Å². The van der Waals surface area contributed by atoms with Crippen LogP contribution in [0.4, 0.5) is 0 Å². The number of carbonyl (C=O) groups is 1. The molecule has 0 spiro atoms. The van der Waals surface area contributed by atoms with Crippen molar-refractivity contribution in [3.05, 3.63) is 60.8 Å². The number of allylic oxidation sites excluding steroid dienone is 9. The minimum atomic E-state index is -0.783. The summed E-state index contributed by atoms with van der Waals surface area (Å²) in [5.41, 5.74) is 0. The third-order valence-electron chi connectivity index (χ3n) is 3.69. The van der Waals surface area contributed by atoms with Crippen molar-refractivity contribution < 1.29 is 9.90 Å². The molecular formula is C23H36O2. The van der Waals surface area contributed by atoms with Crippen molar-refractivity contribution in [2.75, 3.05) is 0 Å². The first-order chi connectivity index (χ1) is 12.3. The molecule has 0 fully saturated rings. The summed E-state index contributed by atoms with van der Waals surface area (Å²) >= 11 is 0. The molecular weight excluding hydrogens is 308 g/mol. The van der Waals surface area contributed by atoms with E-state index in [1.807, 2.05) is 6.08 Å². The molecule has 0 aromatic rings. The molecule has 1 N–H and O–H groups in total. The first-order valence-corrected chi connectivity index (χ1v) is 9.74. The molecule has 0 heterocycles. The Morgan fingerprint density at radius 3 is 1.56 bits per heavy atom. The van der Waals surface area contributed by atoms with E-state index in [2.05, 4.69) is 55.5 Å². The van der Waals surface area contributed by atoms with E-state index in [9.17, 15) is 4.79 Å². The average molecular weight is 345 g/mol. The van der Waals surface area contributed by atoms with E-state index in [4.69, 9.17) is 5.11 Å². The fraction of sp³-hybridized carbons (Fsp3) is 0.522. The van der Waals surface area contributed by atoms with Crippen LogP contribution in [0.5, 0.6) is 0 Å². The standard InChI is InChI=1S/C23H36O2/c1-2-3-4-5-6-7-8-9-10-11-12-13-14-15-16-17-18-19-20-21-22-23(24)25/h8-9,11-12,14-15,17-18,20-21H,2-7,10,13,16,19,22H2,1H3,(H,24,25)/b9-8+,12-11+,15-14+,18-17+,21-20+. The molecule has 140 valence electrons. The van der Waals surface area contributed by atoms with E-state index < -0.39 is 5.97 Å². The molecule has 0 aliphatic rings. The van der Waals surface area contributed by atoms with Gasteiger partial charge in [-0.3, -0.25) is 4.79 Å². The van der Waals surface area contributed by atoms with Crippen LogP contribution >= 0.6 is 0 Å². The van der Waals surface area contributed by atoms with Gasteiger partial charge in [0.2, 0.25) is 0 Å². The summed E-state index contributed by atoms with van der Waals surface area (Å²) in [6.07, 6.45) is 32.9. The Kier molecular flexibility index (Phi) is 18.7. The van der Waals surface area contributed by atoms with Gasteiger partial charge in [-0.1, -0.05) is 93.4 Å². The molecule has 0 amide bonds. The smallest absolute Gasteiger partial charge is 0.307 e. The van der Waals surface area contributed by atoms with Gasteiger partial charge >= 0.3 is 5.97 Å². The molecule has 0 radical (unpaired) electrons. The maximum atomic E-state index is 10.3. The van der Waals surface area contributed by atoms with Gasteiger partial charge in [-0.15, -0.1) is 0 Å². The lowest BCUT2D eigenvalue weighted by Gasteiger charge is -1.95. The molecule has 2 nitrogen and oxygen atoms in total. The van der Waals surface area contributed by atoms with Crippen molar-refractivity contribution in [3.8, 4) is 0 Å². The summed E-state index contributed by atoms with van der Waals surface area (Å²) in [6.45, 7) is 2.25. The first-order valence-electron chi connectivity index (χ1n) is 9.74. The lowest BCUT2D eigenvalue weighted by Crippen LogP contribution is -1.89. The molecule has 2 heteroatoms. The largest absolute Gasteiger partial charge is 0.481 e. The van der Waals surface area contributed by atoms with Crippen LogP contribution < -0.4 is 0 Å². The van der Waals surface area contributed by atoms with Crippen LogP contribution in [0.25, 0.3) is 0 Å². The van der Waals surface area contributed by atoms with Crippen molar-refractivity contribution in [2.45, 2.75) is 77.6 Å². The number of hydrogen-bond acceptors (Lipinski definition) is 1. The van der Waals surface area contributed by atoms with Crippen molar-refractivity contribution in [3.63, 3.8) is 0 Å². The predicted octanol–water partition coefficient (Wildman–Crippen LogP) is 7.16. The maximum absolute atomic E-state index is 10.3. The summed E-state index contributed by atoms with van der Waals surface area (Å²) in [5.74, 6) is -0.783. The molecule has 0 bridgehead atoms. The highest BCUT2D eigenvalue weighted by Crippen LogP contribution is 2.05. The monoisotopic (exact) mass is 344 g/mol. The van der Waals surface area contributed by atoms with E-state index in [1.165, 1.54) is 38.5 Å². The zero-order valence-electron chi connectivity index (χ0n) is 15.9. The third-order valence-corrected chi connectivity index (χ3v) is 3.69. The molecule has 0 aliphatic carbocycles. The molecule has 0 aliphatic heterocycles. The van der Waals surface area contributed by atoms with E-state index in [-0.39, 0.29) is 6.42 Å². The Morgan fingerprint density at radius 2 is 1.08 bits per heavy atom. The number of rotatable bonds is 16. The van der Waals surface area contributed by atoms with Crippen molar-refractivity contribution in [1.82, 2.24) is 0 Å². The van der Waals surface area contributed by atoms with Crippen LogP contribution in [-0.4, -0.2) is 11.1 Å². The van der Waals surface area contributed by atoms with Gasteiger partial charge in [0, 0.05) is 0 Å². The van der Waals surface area contributed by atoms with Crippen LogP contribution in [0.3, 0.4) is 0 Å². The minimum Gasteiger partial charge on any atom is -0.481 e. The normalized spacial score (nSPS) is 12.7. The summed E-state index contributed by atoms with van der Waals surface area (Å²) < 4.78 is 0. The molecule has 0 rings (SSSR count). The minimum absolute atomic E-state index is 0.105. The van der Waals surface area contributed by atoms with E-state index in [0.29, 0.717) is 0 Å². The SMILES string of the molecule is CCCCCCC/C=C/C/C=C/C/C=C/C/C=C/C/C=C/CC(=O)O. The zero-order chi connectivity index (χ0) is 18.4. The second-order valence-electron chi connectivity index (χ2n) is 6.10. The van der Waals surface area contributed by atoms with Crippen LogP contribution in [0.1, 0.15) is 77.6 Å².